The van der Waals surface area contributed by atoms with Crippen molar-refractivity contribution in [2.75, 3.05) is 23.7 Å². The summed E-state index contributed by atoms with van der Waals surface area (Å²) < 4.78 is 28.2. The fraction of sp³-hybridized carbons (Fsp3) is 0.455. The summed E-state index contributed by atoms with van der Waals surface area (Å²) in [5.41, 5.74) is 4.96. The van der Waals surface area contributed by atoms with Crippen LogP contribution in [0, 0.1) is 28.9 Å². The highest BCUT2D eigenvalue weighted by Crippen LogP contribution is 2.31. The van der Waals surface area contributed by atoms with Gasteiger partial charge in [0.15, 0.2) is 0 Å². The molecule has 0 unspecified atom stereocenters. The molecule has 2 heterocycles. The van der Waals surface area contributed by atoms with Crippen molar-refractivity contribution in [3.63, 3.8) is 0 Å². The Labute approximate surface area is 185 Å². The van der Waals surface area contributed by atoms with E-state index in [2.05, 4.69) is 9.97 Å². The van der Waals surface area contributed by atoms with Crippen LogP contribution in [0.1, 0.15) is 39.7 Å². The number of carbonyl (C=O) groups is 1. The molecule has 0 radical (unpaired) electrons. The Bertz CT molecular complexity index is 1060. The van der Waals surface area contributed by atoms with Crippen LogP contribution in [0.5, 0.6) is 0 Å². The summed E-state index contributed by atoms with van der Waals surface area (Å²) in [6, 6.07) is 4.83. The Kier molecular flexibility index (Phi) is 6.21. The number of nitrogen functional groups attached to an aromatic ring is 1. The maximum atomic E-state index is 14.1. The number of aromatic nitrogens is 2. The van der Waals surface area contributed by atoms with Crippen molar-refractivity contribution < 1.29 is 18.7 Å². The smallest absolute Gasteiger partial charge is 0.408 e. The van der Waals surface area contributed by atoms with Gasteiger partial charge in [0.2, 0.25) is 5.95 Å². The van der Waals surface area contributed by atoms with Gasteiger partial charge in [-0.3, -0.25) is 4.90 Å². The van der Waals surface area contributed by atoms with Gasteiger partial charge < -0.3 is 15.7 Å². The number of rotatable bonds is 3. The molecule has 1 aromatic carbocycles. The van der Waals surface area contributed by atoms with Crippen molar-refractivity contribution in [2.24, 2.45) is 5.92 Å². The third-order valence-electron chi connectivity index (χ3n) is 5.44. The molecule has 0 bridgehead atoms. The molecule has 0 saturated carbocycles. The van der Waals surface area contributed by atoms with Crippen LogP contribution in [0.15, 0.2) is 18.2 Å². The molecule has 3 N–H and O–H groups in total. The van der Waals surface area contributed by atoms with Crippen LogP contribution in [-0.4, -0.2) is 50.7 Å². The molecular weight excluding hydrogens is 418 g/mol. The monoisotopic (exact) mass is 444 g/mol. The van der Waals surface area contributed by atoms with Crippen molar-refractivity contribution in [3.8, 4) is 17.3 Å². The summed E-state index contributed by atoms with van der Waals surface area (Å²) in [6.45, 7) is 8.57. The number of nitrogens with two attached hydrogens (primary N) is 1. The summed E-state index contributed by atoms with van der Waals surface area (Å²) in [7, 11) is 0. The first-order valence-corrected chi connectivity index (χ1v) is 10.2. The molecule has 32 heavy (non-hydrogen) atoms. The molecule has 1 amide bonds. The Morgan fingerprint density at radius 2 is 1.88 bits per heavy atom. The summed E-state index contributed by atoms with van der Waals surface area (Å²) in [5.74, 6) is -1.45. The van der Waals surface area contributed by atoms with E-state index in [1.807, 2.05) is 32.6 Å². The highest BCUT2D eigenvalue weighted by atomic mass is 19.1. The molecular formula is C22H26F2N6O2. The third-order valence-corrected chi connectivity index (χ3v) is 5.44. The molecule has 10 heteroatoms. The second kappa shape index (κ2) is 8.57. The van der Waals surface area contributed by atoms with Gasteiger partial charge in [-0.1, -0.05) is 6.92 Å². The zero-order chi connectivity index (χ0) is 23.8. The van der Waals surface area contributed by atoms with Crippen LogP contribution < -0.4 is 10.6 Å². The molecule has 1 aliphatic rings. The van der Waals surface area contributed by atoms with Crippen molar-refractivity contribution in [3.05, 3.63) is 35.4 Å². The molecule has 1 aromatic heterocycles. The van der Waals surface area contributed by atoms with E-state index in [4.69, 9.17) is 11.0 Å². The number of nitrogens with zero attached hydrogens (tertiary/aromatic N) is 5. The van der Waals surface area contributed by atoms with Gasteiger partial charge in [0, 0.05) is 30.3 Å². The second-order valence-corrected chi connectivity index (χ2v) is 9.12. The maximum absolute atomic E-state index is 14.1. The largest absolute Gasteiger partial charge is 0.465 e. The Hall–Kier alpha value is -3.48. The zero-order valence-corrected chi connectivity index (χ0v) is 18.4. The van der Waals surface area contributed by atoms with Gasteiger partial charge in [0.25, 0.3) is 0 Å². The van der Waals surface area contributed by atoms with Gasteiger partial charge in [-0.05, 0) is 45.2 Å². The lowest BCUT2D eigenvalue weighted by Crippen LogP contribution is -2.58. The van der Waals surface area contributed by atoms with Crippen LogP contribution in [0.2, 0.25) is 0 Å². The number of carboxylic acid groups (broad SMARTS) is 1. The first-order valence-electron chi connectivity index (χ1n) is 10.2. The van der Waals surface area contributed by atoms with Gasteiger partial charge in [0.05, 0.1) is 11.7 Å². The Balaban J connectivity index is 1.99. The highest BCUT2D eigenvalue weighted by Gasteiger charge is 2.38. The fourth-order valence-corrected chi connectivity index (χ4v) is 4.27. The number of anilines is 2. The molecule has 1 fully saturated rings. The maximum Gasteiger partial charge on any atom is 0.408 e. The predicted octanol–water partition coefficient (Wildman–Crippen LogP) is 3.87. The summed E-state index contributed by atoms with van der Waals surface area (Å²) in [4.78, 5) is 23.7. The van der Waals surface area contributed by atoms with Crippen LogP contribution in [0.4, 0.5) is 25.3 Å². The molecule has 0 spiro atoms. The van der Waals surface area contributed by atoms with Gasteiger partial charge in [0.1, 0.15) is 29.1 Å². The first-order chi connectivity index (χ1) is 14.9. The van der Waals surface area contributed by atoms with E-state index in [0.29, 0.717) is 25.3 Å². The molecule has 3 rings (SSSR count). The van der Waals surface area contributed by atoms with Crippen LogP contribution in [-0.2, 0) is 0 Å². The fourth-order valence-electron chi connectivity index (χ4n) is 4.27. The lowest BCUT2D eigenvalue weighted by atomic mass is 9.92. The molecule has 2 aromatic rings. The summed E-state index contributed by atoms with van der Waals surface area (Å²) in [5, 5.41) is 18.7. The minimum Gasteiger partial charge on any atom is -0.465 e. The van der Waals surface area contributed by atoms with Gasteiger partial charge >= 0.3 is 6.09 Å². The average molecular weight is 444 g/mol. The third kappa shape index (κ3) is 4.72. The number of benzene rings is 1. The predicted molar refractivity (Wildman–Crippen MR) is 116 cm³/mol. The minimum atomic E-state index is -0.997. The van der Waals surface area contributed by atoms with E-state index in [9.17, 15) is 18.7 Å². The minimum absolute atomic E-state index is 0.0802. The van der Waals surface area contributed by atoms with E-state index in [-0.39, 0.29) is 29.2 Å². The van der Waals surface area contributed by atoms with Crippen LogP contribution in [0.3, 0.4) is 0 Å². The van der Waals surface area contributed by atoms with Crippen molar-refractivity contribution >= 4 is 17.9 Å². The standard InChI is InChI=1S/C22H26F2N6O2/c1-12-5-14(30(21(31)32)22(2,3)4)11-29(10-12)19-8-18(27-20(26)28-19)13-6-16(23)15(9-25)17(24)7-13/h6-8,12,14H,5,10-11H2,1-4H3,(H,31,32)(H2,26,27,28)/t12-,14-/m1/s1. The lowest BCUT2D eigenvalue weighted by Gasteiger charge is -2.46. The molecule has 1 aliphatic heterocycles. The number of amides is 1. The zero-order valence-electron chi connectivity index (χ0n) is 18.4. The highest BCUT2D eigenvalue weighted by molar-refractivity contribution is 5.68. The molecule has 170 valence electrons. The topological polar surface area (TPSA) is 119 Å². The van der Waals surface area contributed by atoms with E-state index in [0.717, 1.165) is 12.1 Å². The number of halogens is 2. The van der Waals surface area contributed by atoms with Crippen LogP contribution >= 0.6 is 0 Å². The number of hydrogen-bond donors (Lipinski definition) is 2. The van der Waals surface area contributed by atoms with Crippen molar-refractivity contribution in [2.45, 2.75) is 45.7 Å². The molecule has 2 atom stereocenters. The van der Waals surface area contributed by atoms with Crippen LogP contribution in [0.25, 0.3) is 11.3 Å². The first kappa shape index (κ1) is 23.2. The number of hydrogen-bond acceptors (Lipinski definition) is 6. The van der Waals surface area contributed by atoms with Gasteiger partial charge in [-0.25, -0.2) is 18.6 Å². The van der Waals surface area contributed by atoms with E-state index in [1.165, 1.54) is 11.0 Å². The second-order valence-electron chi connectivity index (χ2n) is 9.12. The molecule has 8 nitrogen and oxygen atoms in total. The van der Waals surface area contributed by atoms with Crippen molar-refractivity contribution in [1.82, 2.24) is 14.9 Å². The SMILES string of the molecule is C[C@@H]1C[C@@H](N(C(=O)O)C(C)(C)C)CN(c2cc(-c3cc(F)c(C#N)c(F)c3)nc(N)n2)C1. The number of nitriles is 1. The molecule has 0 aliphatic carbocycles. The normalized spacial score (nSPS) is 18.8. The number of piperidine rings is 1. The van der Waals surface area contributed by atoms with E-state index in [1.54, 1.807) is 6.07 Å². The Morgan fingerprint density at radius 1 is 1.25 bits per heavy atom. The summed E-state index contributed by atoms with van der Waals surface area (Å²) >= 11 is 0. The van der Waals surface area contributed by atoms with E-state index >= 15 is 0 Å². The Morgan fingerprint density at radius 3 is 2.41 bits per heavy atom. The van der Waals surface area contributed by atoms with Gasteiger partial charge in [-0.2, -0.15) is 10.2 Å². The summed E-state index contributed by atoms with van der Waals surface area (Å²) in [6.07, 6.45) is -0.303. The van der Waals surface area contributed by atoms with E-state index < -0.39 is 28.8 Å². The lowest BCUT2D eigenvalue weighted by molar-refractivity contribution is 0.0587. The van der Waals surface area contributed by atoms with Crippen molar-refractivity contribution in [1.29, 1.82) is 5.26 Å². The average Bonchev–Trinajstić information content (AvgIpc) is 2.65. The van der Waals surface area contributed by atoms with Gasteiger partial charge in [-0.15, -0.1) is 0 Å². The quantitative estimate of drug-likeness (QED) is 0.737. The molecule has 1 saturated heterocycles.